The fourth-order valence-corrected chi connectivity index (χ4v) is 6.82. The molecule has 0 fully saturated rings. The summed E-state index contributed by atoms with van der Waals surface area (Å²) < 4.78 is 14.5. The lowest BCUT2D eigenvalue weighted by atomic mass is 10.0. The first-order chi connectivity index (χ1) is 24.0. The number of aryl methyl sites for hydroxylation is 2. The molecule has 5 aromatic rings. The lowest BCUT2D eigenvalue weighted by molar-refractivity contribution is 0.188. The molecule has 50 heavy (non-hydrogen) atoms. The predicted molar refractivity (Wildman–Crippen MR) is 212 cm³/mol. The predicted octanol–water partition coefficient (Wildman–Crippen LogP) is 9.44. The molecule has 266 valence electrons. The molecule has 0 aliphatic carbocycles. The highest BCUT2D eigenvalue weighted by atomic mass is 79.9. The summed E-state index contributed by atoms with van der Waals surface area (Å²) in [7, 11) is 3.44. The smallest absolute Gasteiger partial charge is 0.229 e. The summed E-state index contributed by atoms with van der Waals surface area (Å²) in [6.07, 6.45) is 3.03. The van der Waals surface area contributed by atoms with Crippen LogP contribution < -0.4 is 15.5 Å². The van der Waals surface area contributed by atoms with Gasteiger partial charge in [0.05, 0.1) is 30.3 Å². The van der Waals surface area contributed by atoms with E-state index in [0.29, 0.717) is 36.9 Å². The first-order valence-corrected chi connectivity index (χ1v) is 18.6. The van der Waals surface area contributed by atoms with Crippen molar-refractivity contribution in [2.24, 2.45) is 0 Å². The Kier molecular flexibility index (Phi) is 12.9. The van der Waals surface area contributed by atoms with Gasteiger partial charge in [-0.15, -0.1) is 0 Å². The Labute approximate surface area is 312 Å². The Hall–Kier alpha value is -3.58. The second-order valence-electron chi connectivity index (χ2n) is 13.1. The number of halogens is 2. The van der Waals surface area contributed by atoms with Gasteiger partial charge >= 0.3 is 0 Å². The zero-order valence-corrected chi connectivity index (χ0v) is 33.4. The van der Waals surface area contributed by atoms with Crippen LogP contribution in [0.5, 0.6) is 0 Å². The summed E-state index contributed by atoms with van der Waals surface area (Å²) in [4.78, 5) is 21.0. The minimum atomic E-state index is 0.490. The molecule has 0 bridgehead atoms. The van der Waals surface area contributed by atoms with Gasteiger partial charge in [-0.1, -0.05) is 39.8 Å². The van der Waals surface area contributed by atoms with Crippen LogP contribution in [-0.4, -0.2) is 65.0 Å². The molecule has 0 radical (unpaired) electrons. The first kappa shape index (κ1) is 37.7. The van der Waals surface area contributed by atoms with Gasteiger partial charge < -0.3 is 29.6 Å². The van der Waals surface area contributed by atoms with Crippen LogP contribution in [0.2, 0.25) is 0 Å². The van der Waals surface area contributed by atoms with Gasteiger partial charge in [0.2, 0.25) is 11.9 Å². The third-order valence-electron chi connectivity index (χ3n) is 8.85. The number of benzene rings is 2. The lowest BCUT2D eigenvalue weighted by Crippen LogP contribution is -2.25. The zero-order chi connectivity index (χ0) is 35.9. The maximum absolute atomic E-state index is 5.21. The standard InChI is InChI=1S/C19H25BrN4O.C19H23BrN4O/c2*1-12(2)14-5-6-17(16(20)11-14)22-19-21-13(3)15-7-8-24(9-10-25-4)18(15)23-19/h5-6,11-12H,7-10H2,1-4H3,(H,21,22,23);5-8,11-12H,9-10H2,1-4H3,(H,21,22,23). The lowest BCUT2D eigenvalue weighted by Gasteiger charge is -2.19. The molecule has 12 heteroatoms. The molecule has 3 aromatic heterocycles. The number of hydrogen-bond donors (Lipinski definition) is 2. The van der Waals surface area contributed by atoms with E-state index >= 15 is 0 Å². The van der Waals surface area contributed by atoms with Crippen LogP contribution in [-0.2, 0) is 22.4 Å². The highest BCUT2D eigenvalue weighted by molar-refractivity contribution is 9.11. The summed E-state index contributed by atoms with van der Waals surface area (Å²) >= 11 is 7.30. The van der Waals surface area contributed by atoms with Crippen molar-refractivity contribution in [1.82, 2.24) is 24.5 Å². The maximum Gasteiger partial charge on any atom is 0.229 e. The van der Waals surface area contributed by atoms with Crippen molar-refractivity contribution in [3.63, 3.8) is 0 Å². The minimum absolute atomic E-state index is 0.490. The summed E-state index contributed by atoms with van der Waals surface area (Å²) in [6, 6.07) is 14.8. The molecule has 10 nitrogen and oxygen atoms in total. The topological polar surface area (TPSA) is 102 Å². The number of methoxy groups -OCH3 is 2. The maximum atomic E-state index is 5.21. The van der Waals surface area contributed by atoms with Gasteiger partial charge in [-0.05, 0) is 105 Å². The third kappa shape index (κ3) is 9.01. The van der Waals surface area contributed by atoms with E-state index in [0.717, 1.165) is 74.6 Å². The van der Waals surface area contributed by atoms with Crippen molar-refractivity contribution in [3.8, 4) is 0 Å². The van der Waals surface area contributed by atoms with Crippen molar-refractivity contribution in [2.75, 3.05) is 56.1 Å². The van der Waals surface area contributed by atoms with Gasteiger partial charge in [0.1, 0.15) is 11.5 Å². The number of fused-ring (bicyclic) bond motifs is 2. The summed E-state index contributed by atoms with van der Waals surface area (Å²) in [5, 5.41) is 7.75. The van der Waals surface area contributed by atoms with E-state index in [2.05, 4.69) is 139 Å². The van der Waals surface area contributed by atoms with E-state index in [1.54, 1.807) is 14.2 Å². The monoisotopic (exact) mass is 806 g/mol. The van der Waals surface area contributed by atoms with E-state index in [1.807, 2.05) is 13.1 Å². The zero-order valence-electron chi connectivity index (χ0n) is 30.3. The van der Waals surface area contributed by atoms with E-state index in [9.17, 15) is 0 Å². The molecule has 0 saturated carbocycles. The fourth-order valence-electron chi connectivity index (χ4n) is 5.83. The Morgan fingerprint density at radius 3 is 1.86 bits per heavy atom. The molecule has 0 atom stereocenters. The van der Waals surface area contributed by atoms with Crippen molar-refractivity contribution in [3.05, 3.63) is 85.7 Å². The van der Waals surface area contributed by atoms with Gasteiger partial charge in [0.25, 0.3) is 0 Å². The van der Waals surface area contributed by atoms with Crippen molar-refractivity contribution in [1.29, 1.82) is 0 Å². The SMILES string of the molecule is COCCN1CCc2c(C)nc(Nc3ccc(C(C)C)cc3Br)nc21.COCCn1ccc2c(C)nc(Nc3ccc(C(C)C)cc3Br)nc21. The molecule has 0 unspecified atom stereocenters. The Morgan fingerprint density at radius 1 is 0.740 bits per heavy atom. The van der Waals surface area contributed by atoms with E-state index in [4.69, 9.17) is 19.4 Å². The van der Waals surface area contributed by atoms with Crippen LogP contribution in [0.15, 0.2) is 57.6 Å². The molecule has 0 spiro atoms. The second-order valence-corrected chi connectivity index (χ2v) is 14.8. The molecular formula is C38H48Br2N8O2. The van der Waals surface area contributed by atoms with E-state index in [1.165, 1.54) is 16.7 Å². The van der Waals surface area contributed by atoms with Crippen LogP contribution in [0.25, 0.3) is 11.0 Å². The minimum Gasteiger partial charge on any atom is -0.383 e. The first-order valence-electron chi connectivity index (χ1n) is 17.1. The Balaban J connectivity index is 0.000000194. The average Bonchev–Trinajstić information content (AvgIpc) is 3.69. The van der Waals surface area contributed by atoms with Gasteiger partial charge in [0.15, 0.2) is 0 Å². The number of nitrogens with one attached hydrogen (secondary N) is 2. The average molecular weight is 809 g/mol. The summed E-state index contributed by atoms with van der Waals surface area (Å²) in [5.74, 6) is 3.25. The van der Waals surface area contributed by atoms with E-state index < -0.39 is 0 Å². The normalized spacial score (nSPS) is 12.4. The molecule has 2 N–H and O–H groups in total. The summed E-state index contributed by atoms with van der Waals surface area (Å²) in [5.41, 5.74) is 8.69. The number of anilines is 5. The number of rotatable bonds is 12. The highest BCUT2D eigenvalue weighted by Gasteiger charge is 2.24. The van der Waals surface area contributed by atoms with Gasteiger partial charge in [-0.3, -0.25) is 0 Å². The molecule has 4 heterocycles. The van der Waals surface area contributed by atoms with Crippen LogP contribution in [0, 0.1) is 13.8 Å². The molecule has 1 aliphatic rings. The van der Waals surface area contributed by atoms with Crippen LogP contribution in [0.1, 0.15) is 67.6 Å². The van der Waals surface area contributed by atoms with Gasteiger partial charge in [0, 0.05) is 65.6 Å². The van der Waals surface area contributed by atoms with Crippen molar-refractivity contribution < 1.29 is 9.47 Å². The number of nitrogens with zero attached hydrogens (tertiary/aromatic N) is 6. The Morgan fingerprint density at radius 2 is 1.30 bits per heavy atom. The van der Waals surface area contributed by atoms with Crippen LogP contribution in [0.3, 0.4) is 0 Å². The molecule has 1 aliphatic heterocycles. The largest absolute Gasteiger partial charge is 0.383 e. The summed E-state index contributed by atoms with van der Waals surface area (Å²) in [6.45, 7) is 16.8. The second kappa shape index (κ2) is 17.1. The fraction of sp³-hybridized carbons (Fsp3) is 0.421. The van der Waals surface area contributed by atoms with Gasteiger partial charge in [-0.2, -0.15) is 9.97 Å². The molecule has 6 rings (SSSR count). The molecule has 0 saturated heterocycles. The Bertz CT molecular complexity index is 1930. The molecule has 0 amide bonds. The van der Waals surface area contributed by atoms with Crippen LogP contribution >= 0.6 is 31.9 Å². The van der Waals surface area contributed by atoms with Crippen molar-refractivity contribution in [2.45, 2.75) is 66.3 Å². The molecular weight excluding hydrogens is 760 g/mol. The quantitative estimate of drug-likeness (QED) is 0.128. The van der Waals surface area contributed by atoms with E-state index in [-0.39, 0.29) is 0 Å². The van der Waals surface area contributed by atoms with Gasteiger partial charge in [-0.25, -0.2) is 9.97 Å². The number of aromatic nitrogens is 5. The highest BCUT2D eigenvalue weighted by Crippen LogP contribution is 2.33. The number of ether oxygens (including phenoxy) is 2. The third-order valence-corrected chi connectivity index (χ3v) is 10.2. The molecule has 2 aromatic carbocycles. The van der Waals surface area contributed by atoms with Crippen molar-refractivity contribution >= 4 is 72.0 Å². The van der Waals surface area contributed by atoms with Crippen LogP contribution in [0.4, 0.5) is 29.1 Å². The number of hydrogen-bond acceptors (Lipinski definition) is 9.